The van der Waals surface area contributed by atoms with Crippen LogP contribution in [0.3, 0.4) is 0 Å². The summed E-state index contributed by atoms with van der Waals surface area (Å²) in [7, 11) is 0. The van der Waals surface area contributed by atoms with E-state index in [9.17, 15) is 4.79 Å². The maximum Gasteiger partial charge on any atom is 0.262 e. The Kier molecular flexibility index (Phi) is 5.29. The fraction of sp³-hybridized carbons (Fsp3) is 0.0870. The van der Waals surface area contributed by atoms with Gasteiger partial charge in [0.2, 0.25) is 0 Å². The largest absolute Gasteiger partial charge is 0.283 e. The van der Waals surface area contributed by atoms with Crippen LogP contribution in [0.1, 0.15) is 10.6 Å². The van der Waals surface area contributed by atoms with Gasteiger partial charge in [-0.25, -0.2) is 9.97 Å². The number of rotatable bonds is 5. The maximum absolute atomic E-state index is 13.2. The highest BCUT2D eigenvalue weighted by Gasteiger charge is 2.13. The molecule has 5 aromatic rings. The standard InChI is InChI=1S/C23H16ClN3OS2/c24-16-11-9-15(10-12-16)13-27-22(28)17-5-1-2-6-18(17)26-23(27)29-14-21-25-19-7-3-4-8-20(19)30-21/h1-12H,13-14H2. The Hall–Kier alpha value is -2.67. The highest BCUT2D eigenvalue weighted by atomic mass is 35.5. The van der Waals surface area contributed by atoms with Crippen LogP contribution in [-0.4, -0.2) is 14.5 Å². The number of thiazole rings is 1. The lowest BCUT2D eigenvalue weighted by molar-refractivity contribution is 0.658. The number of nitrogens with zero attached hydrogens (tertiary/aromatic N) is 3. The van der Waals surface area contributed by atoms with Crippen LogP contribution in [0.25, 0.3) is 21.1 Å². The average Bonchev–Trinajstić information content (AvgIpc) is 3.19. The number of benzene rings is 3. The molecule has 148 valence electrons. The monoisotopic (exact) mass is 449 g/mol. The smallest absolute Gasteiger partial charge is 0.262 e. The van der Waals surface area contributed by atoms with E-state index in [-0.39, 0.29) is 5.56 Å². The number of hydrogen-bond donors (Lipinski definition) is 0. The molecule has 0 aliphatic heterocycles. The van der Waals surface area contributed by atoms with Gasteiger partial charge in [-0.1, -0.05) is 59.8 Å². The van der Waals surface area contributed by atoms with E-state index in [1.807, 2.05) is 66.7 Å². The van der Waals surface area contributed by atoms with Crippen molar-refractivity contribution in [3.63, 3.8) is 0 Å². The topological polar surface area (TPSA) is 47.8 Å². The van der Waals surface area contributed by atoms with E-state index >= 15 is 0 Å². The molecule has 0 saturated carbocycles. The Morgan fingerprint density at radius 1 is 0.900 bits per heavy atom. The van der Waals surface area contributed by atoms with Crippen LogP contribution in [0.2, 0.25) is 5.02 Å². The third-order valence-electron chi connectivity index (χ3n) is 4.74. The minimum atomic E-state index is -0.0395. The third kappa shape index (κ3) is 3.86. The van der Waals surface area contributed by atoms with Crippen molar-refractivity contribution >= 4 is 55.8 Å². The number of thioether (sulfide) groups is 1. The van der Waals surface area contributed by atoms with Crippen molar-refractivity contribution in [1.29, 1.82) is 0 Å². The van der Waals surface area contributed by atoms with Gasteiger partial charge in [-0.15, -0.1) is 11.3 Å². The predicted molar refractivity (Wildman–Crippen MR) is 126 cm³/mol. The molecule has 2 aromatic heterocycles. The van der Waals surface area contributed by atoms with Gasteiger partial charge in [-0.2, -0.15) is 0 Å². The summed E-state index contributed by atoms with van der Waals surface area (Å²) in [5, 5.41) is 3.00. The maximum atomic E-state index is 13.2. The molecule has 5 rings (SSSR count). The number of halogens is 1. The molecule has 2 heterocycles. The van der Waals surface area contributed by atoms with Gasteiger partial charge in [0.15, 0.2) is 5.16 Å². The Morgan fingerprint density at radius 2 is 1.63 bits per heavy atom. The van der Waals surface area contributed by atoms with Crippen LogP contribution in [0.15, 0.2) is 82.7 Å². The van der Waals surface area contributed by atoms with Crippen molar-refractivity contribution in [3.8, 4) is 0 Å². The lowest BCUT2D eigenvalue weighted by Gasteiger charge is -2.13. The van der Waals surface area contributed by atoms with Crippen molar-refractivity contribution in [3.05, 3.63) is 98.7 Å². The lowest BCUT2D eigenvalue weighted by atomic mass is 10.2. The zero-order valence-corrected chi connectivity index (χ0v) is 18.2. The summed E-state index contributed by atoms with van der Waals surface area (Å²) in [5.41, 5.74) is 2.67. The zero-order valence-electron chi connectivity index (χ0n) is 15.8. The van der Waals surface area contributed by atoms with Crippen LogP contribution < -0.4 is 5.56 Å². The summed E-state index contributed by atoms with van der Waals surface area (Å²) < 4.78 is 2.90. The lowest BCUT2D eigenvalue weighted by Crippen LogP contribution is -2.24. The van der Waals surface area contributed by atoms with Gasteiger partial charge in [0.1, 0.15) is 5.01 Å². The molecule has 4 nitrogen and oxygen atoms in total. The Balaban J connectivity index is 1.53. The van der Waals surface area contributed by atoms with E-state index in [0.29, 0.717) is 33.4 Å². The average molecular weight is 450 g/mol. The molecule has 0 atom stereocenters. The van der Waals surface area contributed by atoms with Gasteiger partial charge in [0, 0.05) is 5.02 Å². The van der Waals surface area contributed by atoms with Crippen LogP contribution in [0.4, 0.5) is 0 Å². The van der Waals surface area contributed by atoms with E-state index in [1.165, 1.54) is 0 Å². The second kappa shape index (κ2) is 8.22. The second-order valence-corrected chi connectivity index (χ2v) is 9.29. The first-order chi connectivity index (χ1) is 14.7. The molecule has 0 spiro atoms. The summed E-state index contributed by atoms with van der Waals surface area (Å²) in [6.45, 7) is 0.440. The van der Waals surface area contributed by atoms with Gasteiger partial charge < -0.3 is 0 Å². The van der Waals surface area contributed by atoms with Gasteiger partial charge in [-0.3, -0.25) is 9.36 Å². The minimum absolute atomic E-state index is 0.0395. The first-order valence-corrected chi connectivity index (χ1v) is 11.6. The van der Waals surface area contributed by atoms with E-state index < -0.39 is 0 Å². The summed E-state index contributed by atoms with van der Waals surface area (Å²) in [4.78, 5) is 22.7. The summed E-state index contributed by atoms with van der Waals surface area (Å²) >= 11 is 9.23. The van der Waals surface area contributed by atoms with Crippen molar-refractivity contribution in [1.82, 2.24) is 14.5 Å². The Bertz CT molecular complexity index is 1380. The van der Waals surface area contributed by atoms with Crippen molar-refractivity contribution < 1.29 is 0 Å². The molecule has 3 aromatic carbocycles. The number of fused-ring (bicyclic) bond motifs is 2. The van der Waals surface area contributed by atoms with Crippen molar-refractivity contribution in [2.45, 2.75) is 17.5 Å². The van der Waals surface area contributed by atoms with Crippen molar-refractivity contribution in [2.24, 2.45) is 0 Å². The molecule has 0 fully saturated rings. The Morgan fingerprint density at radius 3 is 2.43 bits per heavy atom. The second-order valence-electron chi connectivity index (χ2n) is 6.79. The summed E-state index contributed by atoms with van der Waals surface area (Å²) in [5.74, 6) is 0.657. The van der Waals surface area contributed by atoms with Crippen molar-refractivity contribution in [2.75, 3.05) is 0 Å². The quantitative estimate of drug-likeness (QED) is 0.244. The van der Waals surface area contributed by atoms with Gasteiger partial charge in [-0.05, 0) is 42.0 Å². The predicted octanol–water partition coefficient (Wildman–Crippen LogP) is 6.00. The number of hydrogen-bond acceptors (Lipinski definition) is 5. The van der Waals surface area contributed by atoms with Crippen LogP contribution in [0, 0.1) is 0 Å². The Labute approximate surface area is 186 Å². The highest BCUT2D eigenvalue weighted by molar-refractivity contribution is 7.98. The molecule has 30 heavy (non-hydrogen) atoms. The minimum Gasteiger partial charge on any atom is -0.283 e. The van der Waals surface area contributed by atoms with Gasteiger partial charge >= 0.3 is 0 Å². The molecule has 0 unspecified atom stereocenters. The fourth-order valence-electron chi connectivity index (χ4n) is 3.28. The molecule has 0 saturated heterocycles. The normalized spacial score (nSPS) is 11.4. The molecule has 0 aliphatic carbocycles. The molecule has 7 heteroatoms. The number of aromatic nitrogens is 3. The van der Waals surface area contributed by atoms with E-state index in [4.69, 9.17) is 21.6 Å². The van der Waals surface area contributed by atoms with Crippen LogP contribution >= 0.6 is 34.7 Å². The summed E-state index contributed by atoms with van der Waals surface area (Å²) in [6.07, 6.45) is 0. The molecular formula is C23H16ClN3OS2. The highest BCUT2D eigenvalue weighted by Crippen LogP contribution is 2.28. The molecule has 0 N–H and O–H groups in total. The fourth-order valence-corrected chi connectivity index (χ4v) is 5.36. The first kappa shape index (κ1) is 19.3. The summed E-state index contributed by atoms with van der Waals surface area (Å²) in [6, 6.07) is 23.1. The van der Waals surface area contributed by atoms with Gasteiger partial charge in [0.05, 0.1) is 33.4 Å². The van der Waals surface area contributed by atoms with Crippen LogP contribution in [0.5, 0.6) is 0 Å². The molecule has 0 radical (unpaired) electrons. The van der Waals surface area contributed by atoms with E-state index in [1.54, 1.807) is 27.7 Å². The number of para-hydroxylation sites is 2. The molecule has 0 aliphatic rings. The molecule has 0 amide bonds. The van der Waals surface area contributed by atoms with Gasteiger partial charge in [0.25, 0.3) is 5.56 Å². The third-order valence-corrected chi connectivity index (χ3v) is 7.20. The van der Waals surface area contributed by atoms with E-state index in [0.717, 1.165) is 20.8 Å². The van der Waals surface area contributed by atoms with E-state index in [2.05, 4.69) is 6.07 Å². The molecule has 0 bridgehead atoms. The SMILES string of the molecule is O=c1c2ccccc2nc(SCc2nc3ccccc3s2)n1Cc1ccc(Cl)cc1. The van der Waals surface area contributed by atoms with Crippen LogP contribution in [-0.2, 0) is 12.3 Å². The first-order valence-electron chi connectivity index (χ1n) is 9.39. The zero-order chi connectivity index (χ0) is 20.5. The molecular weight excluding hydrogens is 434 g/mol.